The van der Waals surface area contributed by atoms with Crippen molar-refractivity contribution in [3.8, 4) is 11.1 Å². The normalized spacial score (nSPS) is 11.4. The number of hydrogen-bond acceptors (Lipinski definition) is 6. The lowest BCUT2D eigenvalue weighted by molar-refractivity contribution is 0.678. The molecule has 0 aliphatic rings. The minimum absolute atomic E-state index is 0.819. The molecule has 0 radical (unpaired) electrons. The molecule has 0 atom stereocenters. The van der Waals surface area contributed by atoms with Crippen LogP contribution < -0.4 is 10.2 Å². The summed E-state index contributed by atoms with van der Waals surface area (Å²) in [5, 5.41) is 21.1. The second-order valence-electron chi connectivity index (χ2n) is 10.5. The number of unbranched alkanes of at least 4 members (excludes halogenated alkanes) is 3. The van der Waals surface area contributed by atoms with Gasteiger partial charge in [-0.1, -0.05) is 64.3 Å². The molecule has 0 saturated carbocycles. The lowest BCUT2D eigenvalue weighted by Gasteiger charge is -2.24. The first-order valence-electron chi connectivity index (χ1n) is 15.4. The molecule has 1 N–H and O–H groups in total. The summed E-state index contributed by atoms with van der Waals surface area (Å²) in [5.41, 5.74) is 7.95. The van der Waals surface area contributed by atoms with Crippen molar-refractivity contribution < 1.29 is 0 Å². The Hall–Kier alpha value is -4.32. The van der Waals surface area contributed by atoms with E-state index in [0.717, 1.165) is 59.2 Å². The fraction of sp³-hybridized carbons (Fsp3) is 0.333. The van der Waals surface area contributed by atoms with Crippen molar-refractivity contribution in [1.29, 1.82) is 0 Å². The number of anilines is 2. The van der Waals surface area contributed by atoms with Gasteiger partial charge in [-0.25, -0.2) is 0 Å². The van der Waals surface area contributed by atoms with Crippen molar-refractivity contribution in [3.05, 3.63) is 97.1 Å². The van der Waals surface area contributed by atoms with Crippen LogP contribution in [0.25, 0.3) is 11.1 Å². The van der Waals surface area contributed by atoms with E-state index < -0.39 is 0 Å². The molecule has 0 unspecified atom stereocenters. The van der Waals surface area contributed by atoms with Crippen LogP contribution in [0.3, 0.4) is 0 Å². The molecule has 4 aromatic carbocycles. The van der Waals surface area contributed by atoms with Crippen molar-refractivity contribution in [1.82, 2.24) is 0 Å². The van der Waals surface area contributed by atoms with Gasteiger partial charge in [0.1, 0.15) is 0 Å². The highest BCUT2D eigenvalue weighted by atomic mass is 15.1. The number of nitrogens with zero attached hydrogens (tertiary/aromatic N) is 5. The zero-order chi connectivity index (χ0) is 29.4. The summed E-state index contributed by atoms with van der Waals surface area (Å²) < 4.78 is 0. The third-order valence-electron chi connectivity index (χ3n) is 7.13. The molecular weight excluding hydrogens is 516 g/mol. The van der Waals surface area contributed by atoms with Crippen LogP contribution in [0.4, 0.5) is 34.1 Å². The monoisotopic (exact) mass is 560 g/mol. The van der Waals surface area contributed by atoms with E-state index in [1.165, 1.54) is 44.2 Å². The molecule has 6 heteroatoms. The van der Waals surface area contributed by atoms with Crippen LogP contribution >= 0.6 is 0 Å². The van der Waals surface area contributed by atoms with Gasteiger partial charge in [-0.3, -0.25) is 0 Å². The van der Waals surface area contributed by atoms with E-state index in [0.29, 0.717) is 0 Å². The van der Waals surface area contributed by atoms with Crippen LogP contribution in [0.2, 0.25) is 0 Å². The highest BCUT2D eigenvalue weighted by Crippen LogP contribution is 2.28. The maximum atomic E-state index is 4.46. The van der Waals surface area contributed by atoms with Crippen LogP contribution in [0.1, 0.15) is 59.3 Å². The Bertz CT molecular complexity index is 1370. The SMILES string of the molecule is CCCCNc1ccc(N=Nc2ccc(-c3ccc(N=Nc4ccc(N(CCCC)CCCC)cc4)cc3)cc2)cc1. The molecule has 0 amide bonds. The van der Waals surface area contributed by atoms with E-state index in [1.54, 1.807) is 0 Å². The Morgan fingerprint density at radius 1 is 0.476 bits per heavy atom. The molecule has 0 aliphatic carbocycles. The largest absolute Gasteiger partial charge is 0.385 e. The van der Waals surface area contributed by atoms with Gasteiger partial charge >= 0.3 is 0 Å². The van der Waals surface area contributed by atoms with E-state index in [9.17, 15) is 0 Å². The predicted octanol–water partition coefficient (Wildman–Crippen LogP) is 11.8. The van der Waals surface area contributed by atoms with E-state index in [-0.39, 0.29) is 0 Å². The molecule has 0 aliphatic heterocycles. The Kier molecular flexibility index (Phi) is 12.3. The minimum Gasteiger partial charge on any atom is -0.385 e. The van der Waals surface area contributed by atoms with Gasteiger partial charge in [0.05, 0.1) is 22.7 Å². The zero-order valence-corrected chi connectivity index (χ0v) is 25.3. The lowest BCUT2D eigenvalue weighted by Crippen LogP contribution is -2.25. The maximum Gasteiger partial charge on any atom is 0.0858 e. The molecule has 0 spiro atoms. The van der Waals surface area contributed by atoms with Crippen molar-refractivity contribution >= 4 is 34.1 Å². The molecule has 0 saturated heterocycles. The first-order valence-corrected chi connectivity index (χ1v) is 15.4. The summed E-state index contributed by atoms with van der Waals surface area (Å²) >= 11 is 0. The van der Waals surface area contributed by atoms with Crippen LogP contribution in [0.15, 0.2) is 118 Å². The standard InChI is InChI=1S/C36H44N6/c1-4-7-26-37-31-18-20-34(21-19-31)40-38-32-14-10-29(11-15-32)30-12-16-33(17-13-30)39-41-35-22-24-36(25-23-35)42(27-8-5-2)28-9-6-3/h10-25,37H,4-9,26-28H2,1-3H3. The first-order chi connectivity index (χ1) is 20.7. The fourth-order valence-corrected chi connectivity index (χ4v) is 4.53. The molecule has 4 aromatic rings. The van der Waals surface area contributed by atoms with Gasteiger partial charge in [0.2, 0.25) is 0 Å². The van der Waals surface area contributed by atoms with Gasteiger partial charge in [0, 0.05) is 31.0 Å². The number of hydrogen-bond donors (Lipinski definition) is 1. The van der Waals surface area contributed by atoms with E-state index in [1.807, 2.05) is 48.5 Å². The van der Waals surface area contributed by atoms with Crippen LogP contribution in [0, 0.1) is 0 Å². The molecule has 4 rings (SSSR count). The Balaban J connectivity index is 1.31. The molecule has 0 aromatic heterocycles. The Labute approximate surface area is 251 Å². The molecule has 0 bridgehead atoms. The van der Waals surface area contributed by atoms with Crippen molar-refractivity contribution in [3.63, 3.8) is 0 Å². The van der Waals surface area contributed by atoms with Crippen LogP contribution in [-0.2, 0) is 0 Å². The summed E-state index contributed by atoms with van der Waals surface area (Å²) in [7, 11) is 0. The van der Waals surface area contributed by atoms with Gasteiger partial charge in [-0.05, 0) is 103 Å². The van der Waals surface area contributed by atoms with Gasteiger partial charge in [0.15, 0.2) is 0 Å². The van der Waals surface area contributed by atoms with Crippen LogP contribution in [-0.4, -0.2) is 19.6 Å². The number of rotatable bonds is 16. The smallest absolute Gasteiger partial charge is 0.0858 e. The predicted molar refractivity (Wildman–Crippen MR) is 179 cm³/mol. The van der Waals surface area contributed by atoms with E-state index in [4.69, 9.17) is 0 Å². The number of benzene rings is 4. The topological polar surface area (TPSA) is 64.7 Å². The first kappa shape index (κ1) is 30.6. The summed E-state index contributed by atoms with van der Waals surface area (Å²) in [6.45, 7) is 9.87. The summed E-state index contributed by atoms with van der Waals surface area (Å²) in [6, 6.07) is 32.7. The lowest BCUT2D eigenvalue weighted by atomic mass is 10.1. The fourth-order valence-electron chi connectivity index (χ4n) is 4.53. The van der Waals surface area contributed by atoms with Crippen molar-refractivity contribution in [2.24, 2.45) is 20.5 Å². The average Bonchev–Trinajstić information content (AvgIpc) is 3.04. The third-order valence-corrected chi connectivity index (χ3v) is 7.13. The molecule has 6 nitrogen and oxygen atoms in total. The Morgan fingerprint density at radius 3 is 1.26 bits per heavy atom. The van der Waals surface area contributed by atoms with Crippen molar-refractivity contribution in [2.45, 2.75) is 59.3 Å². The van der Waals surface area contributed by atoms with Crippen LogP contribution in [0.5, 0.6) is 0 Å². The average molecular weight is 561 g/mol. The van der Waals surface area contributed by atoms with E-state index >= 15 is 0 Å². The zero-order valence-electron chi connectivity index (χ0n) is 25.3. The molecule has 218 valence electrons. The number of azo groups is 2. The van der Waals surface area contributed by atoms with E-state index in [2.05, 4.69) is 100.0 Å². The third kappa shape index (κ3) is 9.65. The second-order valence-corrected chi connectivity index (χ2v) is 10.5. The molecular formula is C36H44N6. The Morgan fingerprint density at radius 2 is 0.857 bits per heavy atom. The second kappa shape index (κ2) is 16.8. The molecule has 0 fully saturated rings. The van der Waals surface area contributed by atoms with Gasteiger partial charge < -0.3 is 10.2 Å². The quantitative estimate of drug-likeness (QED) is 0.109. The molecule has 0 heterocycles. The van der Waals surface area contributed by atoms with Gasteiger partial charge in [-0.2, -0.15) is 20.5 Å². The van der Waals surface area contributed by atoms with Gasteiger partial charge in [-0.15, -0.1) is 0 Å². The highest BCUT2D eigenvalue weighted by molar-refractivity contribution is 5.67. The number of nitrogens with one attached hydrogen (secondary N) is 1. The highest BCUT2D eigenvalue weighted by Gasteiger charge is 2.06. The van der Waals surface area contributed by atoms with Crippen molar-refractivity contribution in [2.75, 3.05) is 29.9 Å². The van der Waals surface area contributed by atoms with Gasteiger partial charge in [0.25, 0.3) is 0 Å². The summed E-state index contributed by atoms with van der Waals surface area (Å²) in [4.78, 5) is 2.48. The summed E-state index contributed by atoms with van der Waals surface area (Å²) in [6.07, 6.45) is 7.19. The molecule has 42 heavy (non-hydrogen) atoms. The maximum absolute atomic E-state index is 4.46. The minimum atomic E-state index is 0.819. The summed E-state index contributed by atoms with van der Waals surface area (Å²) in [5.74, 6) is 0.